The minimum Gasteiger partial charge on any atom is -0.368 e. The van der Waals surface area contributed by atoms with E-state index in [1.807, 2.05) is 81.6 Å². The molecule has 0 aliphatic heterocycles. The van der Waals surface area contributed by atoms with Crippen LogP contribution in [0, 0.1) is 11.3 Å². The summed E-state index contributed by atoms with van der Waals surface area (Å²) < 4.78 is 0. The number of amides is 6. The van der Waals surface area contributed by atoms with E-state index in [2.05, 4.69) is 31.9 Å². The van der Waals surface area contributed by atoms with Crippen LogP contribution in [0.5, 0.6) is 0 Å². The zero-order chi connectivity index (χ0) is 38.8. The first-order chi connectivity index (χ1) is 24.5. The molecule has 0 saturated carbocycles. The smallest absolute Gasteiger partial charge is 0.243 e. The second-order valence-corrected chi connectivity index (χ2v) is 14.8. The molecule has 0 aliphatic rings. The number of carbonyl (C=O) groups excluding carboxylic acids is 6. The monoisotopic (exact) mass is 721 g/mol. The molecule has 5 atom stereocenters. The van der Waals surface area contributed by atoms with Gasteiger partial charge < -0.3 is 37.6 Å². The van der Waals surface area contributed by atoms with Gasteiger partial charge >= 0.3 is 0 Å². The number of benzene rings is 2. The molecule has 0 aromatic heterocycles. The van der Waals surface area contributed by atoms with Gasteiger partial charge in [-0.2, -0.15) is 0 Å². The topological polar surface area (TPSA) is 201 Å². The lowest BCUT2D eigenvalue weighted by molar-refractivity contribution is -0.136. The van der Waals surface area contributed by atoms with E-state index in [0.717, 1.165) is 24.1 Å². The lowest BCUT2D eigenvalue weighted by Crippen LogP contribution is -2.62. The number of hydrogen-bond donors (Lipinski definition) is 7. The van der Waals surface area contributed by atoms with E-state index in [9.17, 15) is 28.8 Å². The molecule has 52 heavy (non-hydrogen) atoms. The summed E-state index contributed by atoms with van der Waals surface area (Å²) in [5.41, 5.74) is 6.42. The van der Waals surface area contributed by atoms with Crippen molar-refractivity contribution >= 4 is 35.4 Å². The van der Waals surface area contributed by atoms with Gasteiger partial charge in [0, 0.05) is 19.8 Å². The normalized spacial score (nSPS) is 14.2. The number of hydrogen-bond acceptors (Lipinski definition) is 7. The van der Waals surface area contributed by atoms with Crippen LogP contribution < -0.4 is 37.6 Å². The van der Waals surface area contributed by atoms with Crippen LogP contribution in [-0.4, -0.2) is 79.2 Å². The van der Waals surface area contributed by atoms with E-state index >= 15 is 0 Å². The predicted molar refractivity (Wildman–Crippen MR) is 202 cm³/mol. The Hall–Kier alpha value is -4.78. The van der Waals surface area contributed by atoms with Gasteiger partial charge in [0.05, 0.1) is 0 Å². The highest BCUT2D eigenvalue weighted by Gasteiger charge is 2.38. The quantitative estimate of drug-likeness (QED) is 0.0955. The Balaban J connectivity index is 2.32. The van der Waals surface area contributed by atoms with Gasteiger partial charge in [-0.25, -0.2) is 0 Å². The van der Waals surface area contributed by atoms with Crippen molar-refractivity contribution in [2.24, 2.45) is 17.1 Å². The van der Waals surface area contributed by atoms with E-state index in [1.54, 1.807) is 20.8 Å². The fourth-order valence-electron chi connectivity index (χ4n) is 5.72. The Kier molecular flexibility index (Phi) is 18.0. The van der Waals surface area contributed by atoms with Crippen LogP contribution in [0.2, 0.25) is 0 Å². The Morgan fingerprint density at radius 1 is 0.635 bits per heavy atom. The molecule has 2 rings (SSSR count). The number of primary amides is 1. The number of carbonyl (C=O) groups is 6. The predicted octanol–water partition coefficient (Wildman–Crippen LogP) is 1.88. The number of rotatable bonds is 21. The average molecular weight is 722 g/mol. The third kappa shape index (κ3) is 15.6. The molecular weight excluding hydrogens is 662 g/mol. The minimum absolute atomic E-state index is 0.000782. The summed E-state index contributed by atoms with van der Waals surface area (Å²) in [4.78, 5) is 79.5. The Labute approximate surface area is 308 Å². The first kappa shape index (κ1) is 43.4. The maximum atomic E-state index is 14.1. The molecule has 0 aliphatic carbocycles. The van der Waals surface area contributed by atoms with Crippen molar-refractivity contribution in [3.8, 4) is 0 Å². The van der Waals surface area contributed by atoms with Crippen molar-refractivity contribution < 1.29 is 28.8 Å². The van der Waals surface area contributed by atoms with Crippen LogP contribution in [0.25, 0.3) is 0 Å². The highest BCUT2D eigenvalue weighted by Crippen LogP contribution is 2.21. The van der Waals surface area contributed by atoms with Gasteiger partial charge in [0.2, 0.25) is 35.4 Å². The lowest BCUT2D eigenvalue weighted by atomic mass is 9.85. The van der Waals surface area contributed by atoms with Gasteiger partial charge in [0.1, 0.15) is 30.2 Å². The number of unbranched alkanes of at least 4 members (excludes halogenated alkanes) is 1. The summed E-state index contributed by atoms with van der Waals surface area (Å²) in [6, 6.07) is 13.1. The van der Waals surface area contributed by atoms with Crippen molar-refractivity contribution in [2.75, 3.05) is 13.6 Å². The highest BCUT2D eigenvalue weighted by molar-refractivity contribution is 5.96. The number of nitrogens with one attached hydrogen (secondary N) is 6. The Morgan fingerprint density at radius 3 is 1.60 bits per heavy atom. The van der Waals surface area contributed by atoms with Gasteiger partial charge in [-0.05, 0) is 61.7 Å². The third-order valence-corrected chi connectivity index (χ3v) is 8.48. The fraction of sp³-hybridized carbons (Fsp3) is 0.538. The molecule has 6 amide bonds. The van der Waals surface area contributed by atoms with Crippen LogP contribution >= 0.6 is 0 Å². The maximum absolute atomic E-state index is 14.1. The standard InChI is InChI=1S/C39H59N7O6/c1-25(2)22-31(44-35(49)29(42-26(3)47)20-14-15-21-41-7)37(51)46-33(39(4,5)6)38(52)45-32(24-28-18-12-9-13-19-28)36(50)43-30(34(40)48)23-27-16-10-8-11-17-27/h8-13,16-19,25,29-33,41H,14-15,20-24H2,1-7H3,(H2,40,48)(H,42,47)(H,43,50)(H,44,49)(H,45,52)(H,46,51)/t29-,30+,31+,32-,33+/m0/s1. The van der Waals surface area contributed by atoms with Crippen LogP contribution in [-0.2, 0) is 41.6 Å². The van der Waals surface area contributed by atoms with Crippen LogP contribution in [0.3, 0.4) is 0 Å². The molecule has 286 valence electrons. The van der Waals surface area contributed by atoms with Crippen molar-refractivity contribution in [1.29, 1.82) is 0 Å². The summed E-state index contributed by atoms with van der Waals surface area (Å²) in [6.45, 7) is 11.3. The average Bonchev–Trinajstić information content (AvgIpc) is 3.07. The molecule has 13 heteroatoms. The zero-order valence-corrected chi connectivity index (χ0v) is 31.7. The second-order valence-electron chi connectivity index (χ2n) is 14.8. The van der Waals surface area contributed by atoms with Crippen molar-refractivity contribution in [1.82, 2.24) is 31.9 Å². The third-order valence-electron chi connectivity index (χ3n) is 8.48. The Bertz CT molecular complexity index is 1460. The molecule has 0 unspecified atom stereocenters. The maximum Gasteiger partial charge on any atom is 0.243 e. The van der Waals surface area contributed by atoms with E-state index < -0.39 is 65.2 Å². The molecule has 0 bridgehead atoms. The first-order valence-corrected chi connectivity index (χ1v) is 18.0. The first-order valence-electron chi connectivity index (χ1n) is 18.0. The number of nitrogens with two attached hydrogens (primary N) is 1. The van der Waals surface area contributed by atoms with Crippen molar-refractivity contribution in [2.45, 2.75) is 110 Å². The second kappa shape index (κ2) is 21.6. The molecule has 0 spiro atoms. The van der Waals surface area contributed by atoms with E-state index in [1.165, 1.54) is 6.92 Å². The molecule has 13 nitrogen and oxygen atoms in total. The zero-order valence-electron chi connectivity index (χ0n) is 31.7. The van der Waals surface area contributed by atoms with Crippen molar-refractivity contribution in [3.63, 3.8) is 0 Å². The molecule has 8 N–H and O–H groups in total. The van der Waals surface area contributed by atoms with E-state index in [4.69, 9.17) is 5.73 Å². The highest BCUT2D eigenvalue weighted by atomic mass is 16.2. The Morgan fingerprint density at radius 2 is 1.12 bits per heavy atom. The summed E-state index contributed by atoms with van der Waals surface area (Å²) >= 11 is 0. The van der Waals surface area contributed by atoms with Crippen LogP contribution in [0.4, 0.5) is 0 Å². The summed E-state index contributed by atoms with van der Waals surface area (Å²) in [5.74, 6) is -3.38. The molecule has 2 aromatic rings. The summed E-state index contributed by atoms with van der Waals surface area (Å²) in [5, 5.41) is 16.9. The van der Waals surface area contributed by atoms with Gasteiger partial charge in [0.25, 0.3) is 0 Å². The lowest BCUT2D eigenvalue weighted by Gasteiger charge is -2.33. The van der Waals surface area contributed by atoms with Gasteiger partial charge in [-0.3, -0.25) is 28.8 Å². The van der Waals surface area contributed by atoms with E-state index in [-0.39, 0.29) is 31.1 Å². The van der Waals surface area contributed by atoms with E-state index in [0.29, 0.717) is 12.8 Å². The summed E-state index contributed by atoms with van der Waals surface area (Å²) in [6.07, 6.45) is 2.41. The molecule has 0 radical (unpaired) electrons. The van der Waals surface area contributed by atoms with Gasteiger partial charge in [0.15, 0.2) is 0 Å². The largest absolute Gasteiger partial charge is 0.368 e. The fourth-order valence-corrected chi connectivity index (χ4v) is 5.72. The SMILES string of the molecule is CNCCCC[C@H](NC(C)=O)C(=O)N[C@H](CC(C)C)C(=O)N[C@H](C(=O)N[C@@H](Cc1ccccc1)C(=O)N[C@H](Cc1ccccc1)C(N)=O)C(C)(C)C. The summed E-state index contributed by atoms with van der Waals surface area (Å²) in [7, 11) is 1.84. The molecule has 2 aromatic carbocycles. The van der Waals surface area contributed by atoms with Crippen LogP contribution in [0.1, 0.15) is 78.4 Å². The minimum atomic E-state index is -1.12. The molecule has 0 saturated heterocycles. The molecule has 0 fully saturated rings. The molecule has 0 heterocycles. The van der Waals surface area contributed by atoms with Gasteiger partial charge in [-0.15, -0.1) is 0 Å². The van der Waals surface area contributed by atoms with Gasteiger partial charge in [-0.1, -0.05) is 95.3 Å². The van der Waals surface area contributed by atoms with Crippen molar-refractivity contribution in [3.05, 3.63) is 71.8 Å². The molecular formula is C39H59N7O6. The van der Waals surface area contributed by atoms with Crippen LogP contribution in [0.15, 0.2) is 60.7 Å².